The van der Waals surface area contributed by atoms with Crippen LogP contribution in [0.1, 0.15) is 11.1 Å². The Labute approximate surface area is 235 Å². The molecule has 4 aromatic carbocycles. The fraction of sp³-hybridized carbons (Fsp3) is 0.143. The van der Waals surface area contributed by atoms with Crippen molar-refractivity contribution in [1.82, 2.24) is 0 Å². The summed E-state index contributed by atoms with van der Waals surface area (Å²) < 4.78 is 16.5. The van der Waals surface area contributed by atoms with Crippen molar-refractivity contribution < 1.29 is 13.4 Å². The SMILES string of the molecule is Cc1ccc2c(oc3c(-c4ccc5oc6ccccc6c5c4)c(C#N)c[c]([Ge]([CH3])([CH3])[CH3])c32)c1-c1cccc[n+]1C. The first kappa shape index (κ1) is 24.7. The fourth-order valence-electron chi connectivity index (χ4n) is 6.06. The first-order valence-corrected chi connectivity index (χ1v) is 20.9. The summed E-state index contributed by atoms with van der Waals surface area (Å²) in [6.07, 6.45) is 2.07. The van der Waals surface area contributed by atoms with Crippen molar-refractivity contribution in [1.29, 1.82) is 5.26 Å². The number of hydrogen-bond donors (Lipinski definition) is 0. The zero-order valence-electron chi connectivity index (χ0n) is 23.3. The van der Waals surface area contributed by atoms with Crippen molar-refractivity contribution in [2.75, 3.05) is 0 Å². The molecule has 3 aromatic heterocycles. The van der Waals surface area contributed by atoms with Gasteiger partial charge in [0, 0.05) is 0 Å². The third-order valence-electron chi connectivity index (χ3n) is 8.03. The predicted octanol–water partition coefficient (Wildman–Crippen LogP) is 8.37. The van der Waals surface area contributed by atoms with E-state index < -0.39 is 13.3 Å². The molecule has 4 nitrogen and oxygen atoms in total. The summed E-state index contributed by atoms with van der Waals surface area (Å²) in [4.78, 5) is 0. The van der Waals surface area contributed by atoms with Gasteiger partial charge in [-0.15, -0.1) is 0 Å². The van der Waals surface area contributed by atoms with E-state index in [1.807, 2.05) is 30.3 Å². The minimum absolute atomic E-state index is 0.651. The van der Waals surface area contributed by atoms with Crippen LogP contribution in [0, 0.1) is 18.3 Å². The molecule has 0 aliphatic heterocycles. The quantitative estimate of drug-likeness (QED) is 0.155. The Morgan fingerprint density at radius 2 is 1.52 bits per heavy atom. The Morgan fingerprint density at radius 1 is 0.750 bits per heavy atom. The van der Waals surface area contributed by atoms with Crippen molar-refractivity contribution in [2.24, 2.45) is 7.05 Å². The number of pyridine rings is 1. The summed E-state index contributed by atoms with van der Waals surface area (Å²) in [5.41, 5.74) is 9.14. The van der Waals surface area contributed by atoms with Crippen LogP contribution >= 0.6 is 0 Å². The molecule has 3 heterocycles. The summed E-state index contributed by atoms with van der Waals surface area (Å²) in [6, 6.07) is 29.6. The summed E-state index contributed by atoms with van der Waals surface area (Å²) in [5.74, 6) is 7.14. The molecular weight excluding hydrogens is 553 g/mol. The molecular formula is C35H29GeN2O2+. The number of rotatable bonds is 3. The molecule has 7 rings (SSSR count). The van der Waals surface area contributed by atoms with Crippen molar-refractivity contribution in [2.45, 2.75) is 24.2 Å². The summed E-state index contributed by atoms with van der Waals surface area (Å²) in [7, 11) is 2.07. The Kier molecular flexibility index (Phi) is 5.45. The monoisotopic (exact) mass is 583 g/mol. The van der Waals surface area contributed by atoms with E-state index in [1.165, 1.54) is 4.40 Å². The molecule has 0 saturated heterocycles. The van der Waals surface area contributed by atoms with E-state index in [2.05, 4.69) is 96.6 Å². The van der Waals surface area contributed by atoms with E-state index in [4.69, 9.17) is 8.83 Å². The summed E-state index contributed by atoms with van der Waals surface area (Å²) >= 11 is -2.46. The molecule has 0 radical (unpaired) electrons. The van der Waals surface area contributed by atoms with E-state index in [0.29, 0.717) is 5.56 Å². The first-order valence-electron chi connectivity index (χ1n) is 13.6. The number of fused-ring (bicyclic) bond motifs is 6. The van der Waals surface area contributed by atoms with Gasteiger partial charge in [-0.2, -0.15) is 0 Å². The number of aromatic nitrogens is 1. The standard InChI is InChI=1S/C35H29GeN2O2/c1-21-13-15-25-33-27(36(2,3)4)19-23(20-37)32(35(33)40-34(25)31(21)28-11-8-9-17-38(28)5)22-14-16-30-26(18-22)24-10-6-7-12-29(24)39-30/h6-19H,1-5H3/q+1. The summed E-state index contributed by atoms with van der Waals surface area (Å²) in [6.45, 7) is 2.14. The van der Waals surface area contributed by atoms with Crippen LogP contribution in [0.25, 0.3) is 66.3 Å². The third-order valence-corrected chi connectivity index (χ3v) is 12.2. The maximum atomic E-state index is 10.5. The Balaban J connectivity index is 1.65. The van der Waals surface area contributed by atoms with Crippen molar-refractivity contribution in [3.63, 3.8) is 0 Å². The molecule has 0 aliphatic carbocycles. The van der Waals surface area contributed by atoms with Gasteiger partial charge in [-0.05, 0) is 0 Å². The van der Waals surface area contributed by atoms with E-state index >= 15 is 0 Å². The van der Waals surface area contributed by atoms with Crippen LogP contribution in [0.3, 0.4) is 0 Å². The van der Waals surface area contributed by atoms with Crippen molar-refractivity contribution in [3.05, 3.63) is 96.2 Å². The molecule has 0 N–H and O–H groups in total. The maximum absolute atomic E-state index is 10.5. The van der Waals surface area contributed by atoms with Crippen LogP contribution in [0.5, 0.6) is 0 Å². The number of aryl methyl sites for hydroxylation is 2. The second-order valence-corrected chi connectivity index (χ2v) is 22.2. The van der Waals surface area contributed by atoms with Crippen molar-refractivity contribution in [3.8, 4) is 28.5 Å². The molecule has 194 valence electrons. The Bertz CT molecular complexity index is 2190. The Hall–Kier alpha value is -4.34. The molecule has 0 unspecified atom stereocenters. The Morgan fingerprint density at radius 3 is 2.30 bits per heavy atom. The van der Waals surface area contributed by atoms with Gasteiger partial charge in [-0.25, -0.2) is 0 Å². The molecule has 0 spiro atoms. The van der Waals surface area contributed by atoms with Crippen LogP contribution in [0.15, 0.2) is 93.9 Å². The fourth-order valence-corrected chi connectivity index (χ4v) is 9.37. The van der Waals surface area contributed by atoms with Gasteiger partial charge in [-0.1, -0.05) is 0 Å². The molecule has 5 heteroatoms. The molecule has 0 bridgehead atoms. The number of nitrogens with zero attached hydrogens (tertiary/aromatic N) is 2. The van der Waals surface area contributed by atoms with Gasteiger partial charge < -0.3 is 0 Å². The van der Waals surface area contributed by atoms with Crippen molar-refractivity contribution >= 4 is 61.5 Å². The van der Waals surface area contributed by atoms with Gasteiger partial charge in [-0.3, -0.25) is 0 Å². The second kappa shape index (κ2) is 8.84. The first-order chi connectivity index (χ1) is 19.3. The van der Waals surface area contributed by atoms with Gasteiger partial charge in [0.25, 0.3) is 0 Å². The van der Waals surface area contributed by atoms with Gasteiger partial charge in [0.15, 0.2) is 0 Å². The minimum atomic E-state index is -2.46. The zero-order chi connectivity index (χ0) is 27.8. The number of furan rings is 2. The molecule has 0 aliphatic rings. The number of nitriles is 1. The van der Waals surface area contributed by atoms with Crippen LogP contribution in [-0.2, 0) is 7.05 Å². The molecule has 0 fully saturated rings. The van der Waals surface area contributed by atoms with Gasteiger partial charge in [0.05, 0.1) is 0 Å². The predicted molar refractivity (Wildman–Crippen MR) is 165 cm³/mol. The molecule has 0 atom stereocenters. The van der Waals surface area contributed by atoms with Gasteiger partial charge in [0.1, 0.15) is 0 Å². The van der Waals surface area contributed by atoms with Crippen LogP contribution in [0.4, 0.5) is 0 Å². The molecule has 40 heavy (non-hydrogen) atoms. The molecule has 0 amide bonds. The molecule has 0 saturated carbocycles. The third kappa shape index (κ3) is 3.62. The van der Waals surface area contributed by atoms with Gasteiger partial charge >= 0.3 is 236 Å². The molecule has 7 aromatic rings. The van der Waals surface area contributed by atoms with Crippen LogP contribution in [-0.4, -0.2) is 13.3 Å². The van der Waals surface area contributed by atoms with E-state index in [9.17, 15) is 5.26 Å². The van der Waals surface area contributed by atoms with E-state index in [-0.39, 0.29) is 0 Å². The topological polar surface area (TPSA) is 54.0 Å². The van der Waals surface area contributed by atoms with Gasteiger partial charge in [0.2, 0.25) is 0 Å². The number of benzene rings is 4. The van der Waals surface area contributed by atoms with E-state index in [1.54, 1.807) is 0 Å². The second-order valence-electron chi connectivity index (χ2n) is 11.7. The number of hydrogen-bond acceptors (Lipinski definition) is 3. The summed E-state index contributed by atoms with van der Waals surface area (Å²) in [5, 5.41) is 14.8. The van der Waals surface area contributed by atoms with Crippen LogP contribution < -0.4 is 8.96 Å². The number of para-hydroxylation sites is 1. The van der Waals surface area contributed by atoms with E-state index in [0.717, 1.165) is 71.8 Å². The average Bonchev–Trinajstić information content (AvgIpc) is 3.50. The zero-order valence-corrected chi connectivity index (χ0v) is 25.4. The normalized spacial score (nSPS) is 12.1. The van der Waals surface area contributed by atoms with Crippen LogP contribution in [0.2, 0.25) is 17.3 Å². The average molecular weight is 582 g/mol.